The molecular weight excluding hydrogens is 214 g/mol. The highest BCUT2D eigenvalue weighted by molar-refractivity contribution is 5.94. The number of hydrogen-bond donors (Lipinski definition) is 0. The van der Waals surface area contributed by atoms with Crippen molar-refractivity contribution in [2.24, 2.45) is 0 Å². The monoisotopic (exact) mass is 229 g/mol. The molecule has 2 aromatic rings. The Morgan fingerprint density at radius 1 is 1.29 bits per heavy atom. The van der Waals surface area contributed by atoms with Crippen LogP contribution in [0.5, 0.6) is 0 Å². The Morgan fingerprint density at radius 2 is 2.00 bits per heavy atom. The minimum Gasteiger partial charge on any atom is -0.352 e. The first-order valence-electron chi connectivity index (χ1n) is 5.77. The summed E-state index contributed by atoms with van der Waals surface area (Å²) in [4.78, 5) is 11.6. The molecule has 1 aromatic heterocycles. The van der Waals surface area contributed by atoms with E-state index >= 15 is 0 Å². The van der Waals surface area contributed by atoms with E-state index < -0.39 is 0 Å². The maximum absolute atomic E-state index is 11.6. The number of aromatic nitrogens is 1. The summed E-state index contributed by atoms with van der Waals surface area (Å²) >= 11 is 0. The first-order chi connectivity index (χ1) is 8.20. The van der Waals surface area contributed by atoms with Crippen LogP contribution < -0.4 is 0 Å². The number of nitrogens with zero attached hydrogens (tertiary/aromatic N) is 1. The molecule has 0 amide bonds. The minimum absolute atomic E-state index is 0.0124. The summed E-state index contributed by atoms with van der Waals surface area (Å²) in [6.45, 7) is 4.00. The molecule has 3 nitrogen and oxygen atoms in total. The zero-order valence-electron chi connectivity index (χ0n) is 10.1. The summed E-state index contributed by atoms with van der Waals surface area (Å²) in [5.74, 6) is 0.362. The predicted octanol–water partition coefficient (Wildman–Crippen LogP) is 3.63. The van der Waals surface area contributed by atoms with Crippen molar-refractivity contribution < 1.29 is 9.32 Å². The maximum Gasteiger partial charge on any atom is 0.203 e. The van der Waals surface area contributed by atoms with Crippen molar-refractivity contribution in [2.45, 2.75) is 26.7 Å². The molecule has 88 valence electrons. The first-order valence-corrected chi connectivity index (χ1v) is 5.77. The van der Waals surface area contributed by atoms with Crippen molar-refractivity contribution in [3.8, 4) is 11.3 Å². The number of benzene rings is 1. The highest BCUT2D eigenvalue weighted by Crippen LogP contribution is 2.20. The summed E-state index contributed by atoms with van der Waals surface area (Å²) in [6, 6.07) is 9.68. The van der Waals surface area contributed by atoms with Crippen LogP contribution >= 0.6 is 0 Å². The summed E-state index contributed by atoms with van der Waals surface area (Å²) in [7, 11) is 0. The fourth-order valence-electron chi connectivity index (χ4n) is 1.62. The number of aryl methyl sites for hydroxylation is 1. The summed E-state index contributed by atoms with van der Waals surface area (Å²) in [6.07, 6.45) is 1.32. The number of carbonyl (C=O) groups excluding carboxylic acids is 1. The van der Waals surface area contributed by atoms with E-state index in [9.17, 15) is 4.79 Å². The Labute approximate surface area is 100 Å². The highest BCUT2D eigenvalue weighted by atomic mass is 16.5. The van der Waals surface area contributed by atoms with Crippen LogP contribution in [-0.2, 0) is 0 Å². The van der Waals surface area contributed by atoms with Crippen LogP contribution in [0.15, 0.2) is 34.9 Å². The lowest BCUT2D eigenvalue weighted by molar-refractivity contribution is 0.0946. The van der Waals surface area contributed by atoms with Gasteiger partial charge in [-0.3, -0.25) is 4.79 Å². The van der Waals surface area contributed by atoms with E-state index in [1.165, 1.54) is 5.56 Å². The molecule has 0 unspecified atom stereocenters. The van der Waals surface area contributed by atoms with Gasteiger partial charge in [-0.15, -0.1) is 0 Å². The van der Waals surface area contributed by atoms with Crippen molar-refractivity contribution in [3.05, 3.63) is 41.7 Å². The number of rotatable bonds is 4. The third kappa shape index (κ3) is 2.61. The van der Waals surface area contributed by atoms with Crippen molar-refractivity contribution in [3.63, 3.8) is 0 Å². The molecular formula is C14H15NO2. The second kappa shape index (κ2) is 4.95. The number of carbonyl (C=O) groups is 1. The Hall–Kier alpha value is -1.90. The quantitative estimate of drug-likeness (QED) is 0.752. The van der Waals surface area contributed by atoms with Crippen LogP contribution in [0.25, 0.3) is 11.3 Å². The summed E-state index contributed by atoms with van der Waals surface area (Å²) in [5.41, 5.74) is 2.87. The van der Waals surface area contributed by atoms with Gasteiger partial charge in [-0.1, -0.05) is 41.9 Å². The normalized spacial score (nSPS) is 10.5. The number of Topliss-reactive ketones (excluding diaryl/α,β-unsaturated/α-hetero) is 1. The molecule has 2 rings (SSSR count). The average Bonchev–Trinajstić information content (AvgIpc) is 2.80. The van der Waals surface area contributed by atoms with Gasteiger partial charge in [0, 0.05) is 18.1 Å². The Bertz CT molecular complexity index is 511. The van der Waals surface area contributed by atoms with Crippen LogP contribution in [0.1, 0.15) is 35.9 Å². The smallest absolute Gasteiger partial charge is 0.203 e. The highest BCUT2D eigenvalue weighted by Gasteiger charge is 2.12. The molecule has 0 bridgehead atoms. The fraction of sp³-hybridized carbons (Fsp3) is 0.286. The van der Waals surface area contributed by atoms with Crippen molar-refractivity contribution in [1.82, 2.24) is 5.16 Å². The summed E-state index contributed by atoms with van der Waals surface area (Å²) in [5, 5.41) is 3.92. The molecule has 0 radical (unpaired) electrons. The van der Waals surface area contributed by atoms with E-state index in [-0.39, 0.29) is 5.78 Å². The van der Waals surface area contributed by atoms with Gasteiger partial charge in [-0.25, -0.2) is 0 Å². The van der Waals surface area contributed by atoms with E-state index in [2.05, 4.69) is 5.16 Å². The van der Waals surface area contributed by atoms with E-state index in [1.54, 1.807) is 6.07 Å². The lowest BCUT2D eigenvalue weighted by Gasteiger charge is -1.95. The molecule has 0 aliphatic carbocycles. The van der Waals surface area contributed by atoms with Gasteiger partial charge in [-0.2, -0.15) is 0 Å². The Morgan fingerprint density at radius 3 is 2.65 bits per heavy atom. The van der Waals surface area contributed by atoms with Gasteiger partial charge in [0.1, 0.15) is 5.69 Å². The van der Waals surface area contributed by atoms with Crippen LogP contribution in [0.3, 0.4) is 0 Å². The van der Waals surface area contributed by atoms with Crippen molar-refractivity contribution in [2.75, 3.05) is 0 Å². The largest absolute Gasteiger partial charge is 0.352 e. The number of hydrogen-bond acceptors (Lipinski definition) is 3. The van der Waals surface area contributed by atoms with Gasteiger partial charge in [0.15, 0.2) is 0 Å². The zero-order valence-corrected chi connectivity index (χ0v) is 10.1. The third-order valence-electron chi connectivity index (χ3n) is 2.61. The molecule has 0 aliphatic heterocycles. The van der Waals surface area contributed by atoms with Gasteiger partial charge in [0.05, 0.1) is 0 Å². The van der Waals surface area contributed by atoms with Crippen molar-refractivity contribution >= 4 is 5.78 Å². The van der Waals surface area contributed by atoms with Crippen LogP contribution in [-0.4, -0.2) is 10.9 Å². The molecule has 17 heavy (non-hydrogen) atoms. The molecule has 3 heteroatoms. The molecule has 0 saturated carbocycles. The molecule has 0 N–H and O–H groups in total. The second-order valence-corrected chi connectivity index (χ2v) is 4.12. The van der Waals surface area contributed by atoms with Gasteiger partial charge in [0.25, 0.3) is 0 Å². The molecule has 1 aromatic carbocycles. The molecule has 0 fully saturated rings. The molecule has 0 spiro atoms. The Balaban J connectivity index is 2.23. The lowest BCUT2D eigenvalue weighted by atomic mass is 10.1. The van der Waals surface area contributed by atoms with Crippen LogP contribution in [0, 0.1) is 6.92 Å². The zero-order chi connectivity index (χ0) is 12.3. The Kier molecular flexibility index (Phi) is 3.38. The maximum atomic E-state index is 11.6. The van der Waals surface area contributed by atoms with E-state index in [4.69, 9.17) is 4.52 Å². The first kappa shape index (κ1) is 11.6. The molecule has 0 saturated heterocycles. The second-order valence-electron chi connectivity index (χ2n) is 4.12. The average molecular weight is 229 g/mol. The molecule has 0 atom stereocenters. The predicted molar refractivity (Wildman–Crippen MR) is 65.9 cm³/mol. The molecule has 0 aliphatic rings. The van der Waals surface area contributed by atoms with Crippen LogP contribution in [0.2, 0.25) is 0 Å². The van der Waals surface area contributed by atoms with Gasteiger partial charge >= 0.3 is 0 Å². The molecule has 1 heterocycles. The SMILES string of the molecule is CCCC(=O)c1cc(-c2ccc(C)cc2)no1. The summed E-state index contributed by atoms with van der Waals surface area (Å²) < 4.78 is 5.06. The van der Waals surface area contributed by atoms with E-state index in [1.807, 2.05) is 38.1 Å². The van der Waals surface area contributed by atoms with Gasteiger partial charge < -0.3 is 4.52 Å². The van der Waals surface area contributed by atoms with E-state index in [0.29, 0.717) is 17.9 Å². The fourth-order valence-corrected chi connectivity index (χ4v) is 1.62. The van der Waals surface area contributed by atoms with E-state index in [0.717, 1.165) is 12.0 Å². The minimum atomic E-state index is 0.0124. The van der Waals surface area contributed by atoms with Gasteiger partial charge in [-0.05, 0) is 13.3 Å². The van der Waals surface area contributed by atoms with Crippen molar-refractivity contribution in [1.29, 1.82) is 0 Å². The third-order valence-corrected chi connectivity index (χ3v) is 2.61. The standard InChI is InChI=1S/C14H15NO2/c1-3-4-13(16)14-9-12(15-17-14)11-7-5-10(2)6-8-11/h5-9H,3-4H2,1-2H3. The topological polar surface area (TPSA) is 43.1 Å². The number of ketones is 1. The van der Waals surface area contributed by atoms with Crippen LogP contribution in [0.4, 0.5) is 0 Å². The van der Waals surface area contributed by atoms with Gasteiger partial charge in [0.2, 0.25) is 11.5 Å². The lowest BCUT2D eigenvalue weighted by Crippen LogP contribution is -1.94.